The number of nitro benzene ring substituents is 1. The summed E-state index contributed by atoms with van der Waals surface area (Å²) < 4.78 is 6.03. The molecule has 51 heavy (non-hydrogen) atoms. The van der Waals surface area contributed by atoms with Gasteiger partial charge in [0.2, 0.25) is 5.91 Å². The molecule has 0 unspecified atom stereocenters. The molecule has 1 aliphatic rings. The number of aromatic hydroxyl groups is 1. The Bertz CT molecular complexity index is 2000. The number of phenols is 1. The Morgan fingerprint density at radius 1 is 0.804 bits per heavy atom. The van der Waals surface area contributed by atoms with Crippen LogP contribution >= 0.6 is 6.89 Å². The van der Waals surface area contributed by atoms with E-state index in [0.717, 1.165) is 15.9 Å². The van der Waals surface area contributed by atoms with Gasteiger partial charge in [-0.25, -0.2) is 4.79 Å². The highest BCUT2D eigenvalue weighted by Crippen LogP contribution is 2.50. The van der Waals surface area contributed by atoms with Crippen molar-refractivity contribution in [2.45, 2.75) is 32.1 Å². The Kier molecular flexibility index (Phi) is 10.3. The summed E-state index contributed by atoms with van der Waals surface area (Å²) in [7, 11) is 0. The molecular weight excluding hydrogens is 667 g/mol. The molecule has 1 saturated heterocycles. The number of non-ortho nitro benzene ring substituents is 1. The van der Waals surface area contributed by atoms with Crippen LogP contribution in [0.2, 0.25) is 0 Å². The predicted octanol–water partition coefficient (Wildman–Crippen LogP) is 4.95. The highest BCUT2D eigenvalue weighted by atomic mass is 31.2. The number of phenolic OH excluding ortho intramolecular Hbond substituents is 1. The zero-order valence-electron chi connectivity index (χ0n) is 27.6. The van der Waals surface area contributed by atoms with E-state index in [4.69, 9.17) is 4.74 Å². The van der Waals surface area contributed by atoms with Crippen molar-refractivity contribution in [3.8, 4) is 5.75 Å². The number of hydrogen-bond acceptors (Lipinski definition) is 8. The zero-order valence-corrected chi connectivity index (χ0v) is 28.5. The average molecular weight is 703 g/mol. The number of rotatable bonds is 12. The minimum atomic E-state index is -3.30. The standard InChI is InChI=1S/C40H35N2O8P/c1-27(43)37-35(25-36(45)29-19-23-31(44)24-20-29)41(38(37)46)39(40(47)50-26-28-17-21-30(22-18-28)42(48)49)51(32-11-5-2-6-12-32,33-13-7-3-8-14-33)34-15-9-4-10-16-34/h2-24,27,35,37,43-44H,25-26H2,1H3/t27-,35-,37-/m1/s1. The Balaban J connectivity index is 1.61. The largest absolute Gasteiger partial charge is 0.508 e. The number of esters is 1. The van der Waals surface area contributed by atoms with Gasteiger partial charge >= 0.3 is 5.97 Å². The molecule has 1 aliphatic heterocycles. The fraction of sp³-hybridized carbons (Fsp3) is 0.150. The van der Waals surface area contributed by atoms with Crippen LogP contribution in [-0.4, -0.2) is 55.3 Å². The van der Waals surface area contributed by atoms with Gasteiger partial charge in [-0.1, -0.05) is 91.0 Å². The maximum absolute atomic E-state index is 14.9. The second kappa shape index (κ2) is 15.0. The molecule has 0 radical (unpaired) electrons. The van der Waals surface area contributed by atoms with Crippen molar-refractivity contribution in [2.75, 3.05) is 0 Å². The number of β-lactam (4-membered cyclic amide) rings is 1. The molecule has 0 saturated carbocycles. The maximum Gasteiger partial charge on any atom is 0.356 e. The number of ketones is 1. The molecule has 5 aromatic rings. The first-order chi connectivity index (χ1) is 24.6. The van der Waals surface area contributed by atoms with Crippen LogP contribution in [0.15, 0.2) is 140 Å². The Morgan fingerprint density at radius 2 is 1.29 bits per heavy atom. The summed E-state index contributed by atoms with van der Waals surface area (Å²) in [6.07, 6.45) is -1.36. The SMILES string of the molecule is C[C@@H](O)[C@H]1C(=O)N(C(C(=O)OCc2ccc([N+](=O)[O-])cc2)=P(c2ccccc2)(c2ccccc2)c2ccccc2)[C@@H]1CC(=O)c1ccc(O)cc1. The minimum Gasteiger partial charge on any atom is -0.508 e. The molecule has 2 N–H and O–H groups in total. The zero-order chi connectivity index (χ0) is 36.1. The number of carbonyl (C=O) groups is 3. The second-order valence-corrected chi connectivity index (χ2v) is 15.5. The van der Waals surface area contributed by atoms with E-state index in [-0.39, 0.29) is 35.7 Å². The van der Waals surface area contributed by atoms with Gasteiger partial charge in [0.1, 0.15) is 17.8 Å². The summed E-state index contributed by atoms with van der Waals surface area (Å²) in [6, 6.07) is 38.6. The van der Waals surface area contributed by atoms with Crippen LogP contribution in [-0.2, 0) is 20.9 Å². The van der Waals surface area contributed by atoms with E-state index in [0.29, 0.717) is 11.1 Å². The first-order valence-corrected chi connectivity index (χ1v) is 18.1. The summed E-state index contributed by atoms with van der Waals surface area (Å²) in [5.74, 6) is -2.68. The van der Waals surface area contributed by atoms with E-state index >= 15 is 0 Å². The molecule has 258 valence electrons. The number of hydrogen-bond donors (Lipinski definition) is 2. The number of likely N-dealkylation sites (tertiary alicyclic amines) is 1. The van der Waals surface area contributed by atoms with Gasteiger partial charge < -0.3 is 19.8 Å². The first-order valence-electron chi connectivity index (χ1n) is 16.3. The van der Waals surface area contributed by atoms with Crippen LogP contribution in [0, 0.1) is 16.0 Å². The average Bonchev–Trinajstić information content (AvgIpc) is 3.15. The van der Waals surface area contributed by atoms with E-state index in [2.05, 4.69) is 0 Å². The van der Waals surface area contributed by atoms with Crippen molar-refractivity contribution in [3.63, 3.8) is 0 Å². The fourth-order valence-electron chi connectivity index (χ4n) is 6.62. The monoisotopic (exact) mass is 702 g/mol. The Morgan fingerprint density at radius 3 is 1.75 bits per heavy atom. The van der Waals surface area contributed by atoms with Crippen molar-refractivity contribution >= 4 is 51.6 Å². The number of aliphatic hydroxyl groups excluding tert-OH is 1. The smallest absolute Gasteiger partial charge is 0.356 e. The minimum absolute atomic E-state index is 0.0107. The second-order valence-electron chi connectivity index (χ2n) is 12.2. The molecule has 3 atom stereocenters. The third-order valence-corrected chi connectivity index (χ3v) is 13.3. The van der Waals surface area contributed by atoms with Crippen molar-refractivity contribution in [2.24, 2.45) is 5.92 Å². The predicted molar refractivity (Wildman–Crippen MR) is 196 cm³/mol. The van der Waals surface area contributed by atoms with Crippen LogP contribution in [0.5, 0.6) is 5.75 Å². The lowest BCUT2D eigenvalue weighted by Crippen LogP contribution is -2.68. The molecule has 0 aromatic heterocycles. The normalized spacial score (nSPS) is 16.1. The lowest BCUT2D eigenvalue weighted by Gasteiger charge is -2.50. The fourth-order valence-corrected chi connectivity index (χ4v) is 11.0. The molecule has 0 spiro atoms. The number of benzene rings is 5. The third kappa shape index (κ3) is 6.84. The number of amides is 1. The van der Waals surface area contributed by atoms with Crippen molar-refractivity contribution in [1.29, 1.82) is 0 Å². The van der Waals surface area contributed by atoms with E-state index in [9.17, 15) is 34.7 Å². The van der Waals surface area contributed by atoms with Crippen LogP contribution in [0.3, 0.4) is 0 Å². The highest BCUT2D eigenvalue weighted by molar-refractivity contribution is 7.96. The number of nitrogens with zero attached hydrogens (tertiary/aromatic N) is 2. The van der Waals surface area contributed by atoms with Crippen molar-refractivity contribution in [1.82, 2.24) is 4.90 Å². The Labute approximate surface area is 294 Å². The van der Waals surface area contributed by atoms with Crippen LogP contribution in [0.4, 0.5) is 5.69 Å². The lowest BCUT2D eigenvalue weighted by molar-refractivity contribution is -0.384. The number of carbonyl (C=O) groups excluding carboxylic acids is 3. The number of Topliss-reactive ketones (excluding diaryl/α,β-unsaturated/α-hetero) is 1. The maximum atomic E-state index is 14.9. The van der Waals surface area contributed by atoms with Crippen LogP contribution < -0.4 is 15.9 Å². The highest BCUT2D eigenvalue weighted by Gasteiger charge is 2.55. The topological polar surface area (TPSA) is 147 Å². The van der Waals surface area contributed by atoms with E-state index in [1.807, 2.05) is 91.0 Å². The van der Waals surface area contributed by atoms with Gasteiger partial charge in [0.05, 0.1) is 23.0 Å². The molecule has 0 aliphatic carbocycles. The summed E-state index contributed by atoms with van der Waals surface area (Å²) in [5, 5.41) is 34.2. The molecule has 1 amide bonds. The third-order valence-electron chi connectivity index (χ3n) is 9.05. The number of ether oxygens (including phenoxy) is 1. The van der Waals surface area contributed by atoms with Gasteiger partial charge in [-0.15, -0.1) is 0 Å². The molecular formula is C40H35N2O8P. The van der Waals surface area contributed by atoms with Gasteiger partial charge in [0.15, 0.2) is 5.78 Å². The van der Waals surface area contributed by atoms with Gasteiger partial charge in [-0.2, -0.15) is 0 Å². The molecule has 5 aromatic carbocycles. The van der Waals surface area contributed by atoms with Gasteiger partial charge in [0, 0.05) is 31.0 Å². The summed E-state index contributed by atoms with van der Waals surface area (Å²) in [6.45, 7) is -2.07. The van der Waals surface area contributed by atoms with Gasteiger partial charge in [0.25, 0.3) is 5.69 Å². The molecule has 10 nitrogen and oxygen atoms in total. The van der Waals surface area contributed by atoms with Crippen molar-refractivity contribution < 1.29 is 34.3 Å². The van der Waals surface area contributed by atoms with E-state index in [1.165, 1.54) is 60.4 Å². The number of nitro groups is 1. The molecule has 1 heterocycles. The number of aliphatic hydroxyl groups is 1. The quantitative estimate of drug-likeness (QED) is 0.0464. The van der Waals surface area contributed by atoms with Gasteiger partial charge in [-0.05, 0) is 64.8 Å². The van der Waals surface area contributed by atoms with Gasteiger partial charge in [-0.3, -0.25) is 19.7 Å². The summed E-state index contributed by atoms with van der Waals surface area (Å²) >= 11 is 0. The molecule has 11 heteroatoms. The molecule has 1 fully saturated rings. The first kappa shape index (κ1) is 35.0. The summed E-state index contributed by atoms with van der Waals surface area (Å²) in [4.78, 5) is 55.2. The van der Waals surface area contributed by atoms with Crippen LogP contribution in [0.1, 0.15) is 29.3 Å². The van der Waals surface area contributed by atoms with Crippen LogP contribution in [0.25, 0.3) is 0 Å². The molecule has 6 rings (SSSR count). The summed E-state index contributed by atoms with van der Waals surface area (Å²) in [5.41, 5.74) is 0.718. The van der Waals surface area contributed by atoms with E-state index in [1.54, 1.807) is 0 Å². The Hall–Kier alpha value is -5.83. The van der Waals surface area contributed by atoms with Crippen molar-refractivity contribution in [3.05, 3.63) is 161 Å². The molecule has 0 bridgehead atoms. The van der Waals surface area contributed by atoms with E-state index < -0.39 is 41.7 Å². The lowest BCUT2D eigenvalue weighted by atomic mass is 9.79.